The highest BCUT2D eigenvalue weighted by Crippen LogP contribution is 2.19. The van der Waals surface area contributed by atoms with Gasteiger partial charge in [0.05, 0.1) is 20.0 Å². The Kier molecular flexibility index (Phi) is 3.57. The third-order valence-corrected chi connectivity index (χ3v) is 2.15. The number of methoxy groups -OCH3 is 2. The SMILES string of the molecule is C=C(Cc1ccc(OC)c(C)c1)OC. The second-order valence-electron chi connectivity index (χ2n) is 3.22. The predicted octanol–water partition coefficient (Wildman–Crippen LogP) is 2.71. The van der Waals surface area contributed by atoms with Gasteiger partial charge in [0.25, 0.3) is 0 Å². The first-order chi connectivity index (χ1) is 6.67. The second kappa shape index (κ2) is 4.70. The van der Waals surface area contributed by atoms with Crippen molar-refractivity contribution in [3.8, 4) is 5.75 Å². The minimum Gasteiger partial charge on any atom is -0.501 e. The zero-order chi connectivity index (χ0) is 10.6. The van der Waals surface area contributed by atoms with Crippen molar-refractivity contribution < 1.29 is 9.47 Å². The summed E-state index contributed by atoms with van der Waals surface area (Å²) in [6, 6.07) is 6.08. The molecule has 0 amide bonds. The van der Waals surface area contributed by atoms with Gasteiger partial charge < -0.3 is 9.47 Å². The fourth-order valence-corrected chi connectivity index (χ4v) is 1.35. The molecule has 0 saturated carbocycles. The minimum atomic E-state index is 0.751. The summed E-state index contributed by atoms with van der Waals surface area (Å²) in [4.78, 5) is 0. The molecule has 0 aliphatic rings. The maximum Gasteiger partial charge on any atom is 0.121 e. The molecule has 0 aromatic heterocycles. The molecule has 0 radical (unpaired) electrons. The number of hydrogen-bond acceptors (Lipinski definition) is 2. The lowest BCUT2D eigenvalue weighted by atomic mass is 10.1. The van der Waals surface area contributed by atoms with E-state index in [1.54, 1.807) is 14.2 Å². The van der Waals surface area contributed by atoms with Crippen LogP contribution in [-0.2, 0) is 11.2 Å². The molecule has 0 bridgehead atoms. The molecule has 0 spiro atoms. The quantitative estimate of drug-likeness (QED) is 0.683. The van der Waals surface area contributed by atoms with Crippen molar-refractivity contribution in [2.45, 2.75) is 13.3 Å². The average molecular weight is 192 g/mol. The maximum absolute atomic E-state index is 5.18. The van der Waals surface area contributed by atoms with Crippen LogP contribution < -0.4 is 4.74 Å². The summed E-state index contributed by atoms with van der Waals surface area (Å²) in [7, 11) is 3.31. The molecular weight excluding hydrogens is 176 g/mol. The van der Waals surface area contributed by atoms with Crippen LogP contribution in [0.15, 0.2) is 30.5 Å². The first-order valence-corrected chi connectivity index (χ1v) is 4.52. The highest BCUT2D eigenvalue weighted by Gasteiger charge is 2.01. The van der Waals surface area contributed by atoms with Crippen molar-refractivity contribution in [2.24, 2.45) is 0 Å². The van der Waals surface area contributed by atoms with Gasteiger partial charge >= 0.3 is 0 Å². The third-order valence-electron chi connectivity index (χ3n) is 2.15. The zero-order valence-electron chi connectivity index (χ0n) is 8.96. The Morgan fingerprint density at radius 3 is 2.57 bits per heavy atom. The van der Waals surface area contributed by atoms with Gasteiger partial charge in [0.15, 0.2) is 0 Å². The van der Waals surface area contributed by atoms with E-state index in [9.17, 15) is 0 Å². The molecule has 76 valence electrons. The smallest absolute Gasteiger partial charge is 0.121 e. The van der Waals surface area contributed by atoms with Gasteiger partial charge in [-0.1, -0.05) is 18.7 Å². The molecule has 0 aliphatic carbocycles. The van der Waals surface area contributed by atoms with Gasteiger partial charge in [-0.25, -0.2) is 0 Å². The zero-order valence-corrected chi connectivity index (χ0v) is 8.96. The third kappa shape index (κ3) is 2.52. The molecule has 0 unspecified atom stereocenters. The molecule has 1 aromatic rings. The Bertz CT molecular complexity index is 329. The molecule has 0 saturated heterocycles. The van der Waals surface area contributed by atoms with Gasteiger partial charge in [-0.05, 0) is 24.1 Å². The summed E-state index contributed by atoms with van der Waals surface area (Å²) in [6.07, 6.45) is 0.751. The lowest BCUT2D eigenvalue weighted by Gasteiger charge is -2.08. The first-order valence-electron chi connectivity index (χ1n) is 4.52. The molecule has 0 aliphatic heterocycles. The molecule has 0 heterocycles. The van der Waals surface area contributed by atoms with E-state index in [4.69, 9.17) is 9.47 Å². The van der Waals surface area contributed by atoms with E-state index in [0.717, 1.165) is 23.5 Å². The summed E-state index contributed by atoms with van der Waals surface area (Å²) >= 11 is 0. The van der Waals surface area contributed by atoms with Crippen LogP contribution in [0.3, 0.4) is 0 Å². The van der Waals surface area contributed by atoms with Crippen LogP contribution in [0.1, 0.15) is 11.1 Å². The molecular formula is C12H16O2. The van der Waals surface area contributed by atoms with Gasteiger partial charge in [-0.3, -0.25) is 0 Å². The summed E-state index contributed by atoms with van der Waals surface area (Å²) in [5.74, 6) is 1.69. The van der Waals surface area contributed by atoms with E-state index >= 15 is 0 Å². The van der Waals surface area contributed by atoms with Crippen molar-refractivity contribution in [3.05, 3.63) is 41.7 Å². The maximum atomic E-state index is 5.18. The number of hydrogen-bond donors (Lipinski definition) is 0. The van der Waals surface area contributed by atoms with E-state index in [0.29, 0.717) is 0 Å². The highest BCUT2D eigenvalue weighted by molar-refractivity contribution is 5.37. The Morgan fingerprint density at radius 2 is 2.07 bits per heavy atom. The van der Waals surface area contributed by atoms with Crippen LogP contribution in [0, 0.1) is 6.92 Å². The van der Waals surface area contributed by atoms with Crippen molar-refractivity contribution in [1.29, 1.82) is 0 Å². The van der Waals surface area contributed by atoms with E-state index in [1.165, 1.54) is 5.56 Å². The minimum absolute atomic E-state index is 0.751. The molecule has 1 rings (SSSR count). The first kappa shape index (κ1) is 10.6. The molecule has 14 heavy (non-hydrogen) atoms. The predicted molar refractivity (Wildman–Crippen MR) is 57.6 cm³/mol. The van der Waals surface area contributed by atoms with Crippen LogP contribution in [-0.4, -0.2) is 14.2 Å². The molecule has 1 aromatic carbocycles. The summed E-state index contributed by atoms with van der Waals surface area (Å²) in [5, 5.41) is 0. The lowest BCUT2D eigenvalue weighted by molar-refractivity contribution is 0.285. The van der Waals surface area contributed by atoms with E-state index < -0.39 is 0 Å². The van der Waals surface area contributed by atoms with Gasteiger partial charge in [0.1, 0.15) is 5.75 Å². The number of ether oxygens (including phenoxy) is 2. The van der Waals surface area contributed by atoms with Crippen molar-refractivity contribution >= 4 is 0 Å². The Morgan fingerprint density at radius 1 is 1.36 bits per heavy atom. The number of aryl methyl sites for hydroxylation is 1. The topological polar surface area (TPSA) is 18.5 Å². The van der Waals surface area contributed by atoms with E-state index in [-0.39, 0.29) is 0 Å². The number of allylic oxidation sites excluding steroid dienone is 1. The summed E-state index contributed by atoms with van der Waals surface area (Å²) in [5.41, 5.74) is 2.32. The van der Waals surface area contributed by atoms with Crippen LogP contribution in [0.5, 0.6) is 5.75 Å². The molecule has 2 heteroatoms. The Hall–Kier alpha value is -1.44. The Balaban J connectivity index is 2.81. The highest BCUT2D eigenvalue weighted by atomic mass is 16.5. The van der Waals surface area contributed by atoms with Crippen molar-refractivity contribution in [2.75, 3.05) is 14.2 Å². The van der Waals surface area contributed by atoms with Crippen LogP contribution in [0.25, 0.3) is 0 Å². The van der Waals surface area contributed by atoms with Crippen LogP contribution in [0.2, 0.25) is 0 Å². The van der Waals surface area contributed by atoms with Gasteiger partial charge in [-0.2, -0.15) is 0 Å². The molecule has 0 fully saturated rings. The monoisotopic (exact) mass is 192 g/mol. The molecule has 2 nitrogen and oxygen atoms in total. The van der Waals surface area contributed by atoms with Crippen molar-refractivity contribution in [1.82, 2.24) is 0 Å². The molecule has 0 atom stereocenters. The standard InChI is InChI=1S/C12H16O2/c1-9-7-11(8-10(2)13-3)5-6-12(9)14-4/h5-7H,2,8H2,1,3-4H3. The average Bonchev–Trinajstić information content (AvgIpc) is 2.18. The van der Waals surface area contributed by atoms with Gasteiger partial charge in [-0.15, -0.1) is 0 Å². The largest absolute Gasteiger partial charge is 0.501 e. The molecule has 0 N–H and O–H groups in total. The number of rotatable bonds is 4. The number of benzene rings is 1. The van der Waals surface area contributed by atoms with E-state index in [2.05, 4.69) is 12.6 Å². The Labute approximate surface area is 85.2 Å². The van der Waals surface area contributed by atoms with Crippen LogP contribution in [0.4, 0.5) is 0 Å². The van der Waals surface area contributed by atoms with Crippen LogP contribution >= 0.6 is 0 Å². The van der Waals surface area contributed by atoms with Gasteiger partial charge in [0.2, 0.25) is 0 Å². The normalized spacial score (nSPS) is 9.64. The second-order valence-corrected chi connectivity index (χ2v) is 3.22. The fraction of sp³-hybridized carbons (Fsp3) is 0.333. The van der Waals surface area contributed by atoms with Gasteiger partial charge in [0, 0.05) is 6.42 Å². The summed E-state index contributed by atoms with van der Waals surface area (Å²) < 4.78 is 10.2. The lowest BCUT2D eigenvalue weighted by Crippen LogP contribution is -1.93. The fourth-order valence-electron chi connectivity index (χ4n) is 1.35. The van der Waals surface area contributed by atoms with E-state index in [1.807, 2.05) is 19.1 Å². The van der Waals surface area contributed by atoms with Crippen molar-refractivity contribution in [3.63, 3.8) is 0 Å². The summed E-state index contributed by atoms with van der Waals surface area (Å²) in [6.45, 7) is 5.81.